The zero-order valence-electron chi connectivity index (χ0n) is 17.1. The van der Waals surface area contributed by atoms with Gasteiger partial charge in [-0.3, -0.25) is 9.59 Å². The normalized spacial score (nSPS) is 11.4. The van der Waals surface area contributed by atoms with Crippen LogP contribution in [0.3, 0.4) is 0 Å². The number of carboxylic acid groups (broad SMARTS) is 1. The standard InChI is InChI=1S/C20H18N4O7S2/c1-12(25)22-14-5-7-16(8-6-14)33(29,30)31-15-4-2-3-13(9-15)11-21-24-20-23-19(28)17(32-20)10-18(26)27/h2-9,28H,10-11H2,1H3,(H,22,25)(H,26,27). The van der Waals surface area contributed by atoms with Gasteiger partial charge in [-0.25, -0.2) is 0 Å². The Hall–Kier alpha value is -3.84. The van der Waals surface area contributed by atoms with Crippen LogP contribution in [-0.2, 0) is 32.7 Å². The van der Waals surface area contributed by atoms with Gasteiger partial charge in [-0.15, -0.1) is 5.11 Å². The number of thiazole rings is 1. The van der Waals surface area contributed by atoms with Crippen LogP contribution in [0, 0.1) is 0 Å². The molecule has 0 fully saturated rings. The average molecular weight is 491 g/mol. The lowest BCUT2D eigenvalue weighted by molar-refractivity contribution is -0.136. The van der Waals surface area contributed by atoms with E-state index in [-0.39, 0.29) is 39.5 Å². The number of nitrogens with one attached hydrogen (secondary N) is 1. The van der Waals surface area contributed by atoms with Crippen molar-refractivity contribution in [2.45, 2.75) is 24.8 Å². The first-order valence-corrected chi connectivity index (χ1v) is 11.5. The molecule has 13 heteroatoms. The first kappa shape index (κ1) is 23.8. The number of aliphatic carboxylic acids is 1. The number of hydrogen-bond donors (Lipinski definition) is 3. The van der Waals surface area contributed by atoms with Gasteiger partial charge in [0.1, 0.15) is 10.6 Å². The number of carbonyl (C=O) groups is 2. The second-order valence-electron chi connectivity index (χ2n) is 6.60. The number of aromatic nitrogens is 1. The molecule has 3 N–H and O–H groups in total. The van der Waals surface area contributed by atoms with Crippen molar-refractivity contribution in [3.8, 4) is 11.6 Å². The van der Waals surface area contributed by atoms with Gasteiger partial charge in [0.15, 0.2) is 0 Å². The largest absolute Gasteiger partial charge is 0.492 e. The third-order valence-corrected chi connectivity index (χ3v) is 6.14. The summed E-state index contributed by atoms with van der Waals surface area (Å²) in [4.78, 5) is 25.6. The number of azo groups is 1. The molecule has 0 aliphatic carbocycles. The van der Waals surface area contributed by atoms with E-state index in [2.05, 4.69) is 20.5 Å². The monoisotopic (exact) mass is 490 g/mol. The maximum atomic E-state index is 12.5. The lowest BCUT2D eigenvalue weighted by Gasteiger charge is -2.09. The summed E-state index contributed by atoms with van der Waals surface area (Å²) in [7, 11) is -4.10. The van der Waals surface area contributed by atoms with Crippen molar-refractivity contribution in [1.82, 2.24) is 4.98 Å². The summed E-state index contributed by atoms with van der Waals surface area (Å²) >= 11 is 0.906. The van der Waals surface area contributed by atoms with Gasteiger partial charge in [0, 0.05) is 12.6 Å². The van der Waals surface area contributed by atoms with Crippen molar-refractivity contribution in [3.63, 3.8) is 0 Å². The Bertz CT molecular complexity index is 1300. The van der Waals surface area contributed by atoms with Crippen LogP contribution >= 0.6 is 11.3 Å². The van der Waals surface area contributed by atoms with Gasteiger partial charge in [-0.2, -0.15) is 18.5 Å². The van der Waals surface area contributed by atoms with E-state index in [4.69, 9.17) is 9.29 Å². The highest BCUT2D eigenvalue weighted by Gasteiger charge is 2.17. The van der Waals surface area contributed by atoms with Crippen LogP contribution in [0.2, 0.25) is 0 Å². The highest BCUT2D eigenvalue weighted by Crippen LogP contribution is 2.31. The molecule has 33 heavy (non-hydrogen) atoms. The molecule has 1 heterocycles. The second-order valence-corrected chi connectivity index (χ2v) is 9.21. The van der Waals surface area contributed by atoms with E-state index < -0.39 is 22.0 Å². The third kappa shape index (κ3) is 6.82. The molecule has 0 radical (unpaired) electrons. The number of hydrogen-bond acceptors (Lipinski definition) is 10. The summed E-state index contributed by atoms with van der Waals surface area (Å²) < 4.78 is 30.2. The average Bonchev–Trinajstić information content (AvgIpc) is 3.06. The van der Waals surface area contributed by atoms with Crippen molar-refractivity contribution in [2.75, 3.05) is 5.32 Å². The number of anilines is 1. The Balaban J connectivity index is 1.66. The summed E-state index contributed by atoms with van der Waals surface area (Å²) in [5.41, 5.74) is 1.05. The SMILES string of the molecule is CC(=O)Nc1ccc(S(=O)(=O)Oc2cccc(CN=Nc3nc(O)c(CC(=O)O)s3)c2)cc1. The molecule has 3 rings (SSSR count). The first-order valence-electron chi connectivity index (χ1n) is 9.31. The fourth-order valence-corrected chi connectivity index (χ4v) is 4.29. The molecule has 2 aromatic carbocycles. The van der Waals surface area contributed by atoms with E-state index in [1.165, 1.54) is 43.3 Å². The predicted molar refractivity (Wildman–Crippen MR) is 118 cm³/mol. The highest BCUT2D eigenvalue weighted by atomic mass is 32.2. The van der Waals surface area contributed by atoms with Gasteiger partial charge in [-0.05, 0) is 42.0 Å². The van der Waals surface area contributed by atoms with Gasteiger partial charge in [0.25, 0.3) is 0 Å². The Morgan fingerprint density at radius 1 is 1.18 bits per heavy atom. The van der Waals surface area contributed by atoms with Crippen molar-refractivity contribution in [2.24, 2.45) is 10.2 Å². The van der Waals surface area contributed by atoms with Crippen molar-refractivity contribution in [1.29, 1.82) is 0 Å². The number of benzene rings is 2. The Kier molecular flexibility index (Phi) is 7.35. The molecule has 0 unspecified atom stereocenters. The van der Waals surface area contributed by atoms with Gasteiger partial charge >= 0.3 is 16.1 Å². The molecule has 0 saturated carbocycles. The van der Waals surface area contributed by atoms with Crippen molar-refractivity contribution >= 4 is 44.2 Å². The molecule has 0 saturated heterocycles. The minimum Gasteiger partial charge on any atom is -0.492 e. The van der Waals surface area contributed by atoms with E-state index >= 15 is 0 Å². The summed E-state index contributed by atoms with van der Waals surface area (Å²) in [6.45, 7) is 1.41. The maximum absolute atomic E-state index is 12.5. The molecule has 1 aromatic heterocycles. The quantitative estimate of drug-likeness (QED) is 0.302. The van der Waals surface area contributed by atoms with Crippen molar-refractivity contribution in [3.05, 3.63) is 59.0 Å². The number of amides is 1. The summed E-state index contributed by atoms with van der Waals surface area (Å²) in [6.07, 6.45) is -0.372. The summed E-state index contributed by atoms with van der Waals surface area (Å²) in [5, 5.41) is 28.9. The number of rotatable bonds is 9. The smallest absolute Gasteiger partial charge is 0.339 e. The molecule has 0 aliphatic rings. The fourth-order valence-electron chi connectivity index (χ4n) is 2.58. The zero-order chi connectivity index (χ0) is 24.0. The molecule has 1 amide bonds. The Morgan fingerprint density at radius 2 is 1.91 bits per heavy atom. The van der Waals surface area contributed by atoms with Crippen LogP contribution in [0.1, 0.15) is 17.4 Å². The Labute approximate surface area is 192 Å². The third-order valence-electron chi connectivity index (χ3n) is 3.95. The topological polar surface area (TPSA) is 168 Å². The number of aromatic hydroxyl groups is 1. The molecular formula is C20H18N4O7S2. The van der Waals surface area contributed by atoms with E-state index in [9.17, 15) is 23.1 Å². The lowest BCUT2D eigenvalue weighted by atomic mass is 10.2. The number of carboxylic acids is 1. The maximum Gasteiger partial charge on any atom is 0.339 e. The van der Waals surface area contributed by atoms with Crippen LogP contribution < -0.4 is 9.50 Å². The summed E-state index contributed by atoms with van der Waals surface area (Å²) in [5.74, 6) is -1.71. The van der Waals surface area contributed by atoms with Crippen LogP contribution in [0.5, 0.6) is 11.6 Å². The predicted octanol–water partition coefficient (Wildman–Crippen LogP) is 3.49. The number of carbonyl (C=O) groups excluding carboxylic acids is 1. The van der Waals surface area contributed by atoms with E-state index in [0.29, 0.717) is 11.3 Å². The van der Waals surface area contributed by atoms with Crippen LogP contribution in [0.25, 0.3) is 0 Å². The minimum atomic E-state index is -4.10. The minimum absolute atomic E-state index is 0.0667. The van der Waals surface area contributed by atoms with Crippen LogP contribution in [0.4, 0.5) is 10.8 Å². The first-order chi connectivity index (χ1) is 15.6. The van der Waals surface area contributed by atoms with E-state index in [1.807, 2.05) is 0 Å². The van der Waals surface area contributed by atoms with Gasteiger partial charge in [0.05, 0.1) is 17.8 Å². The van der Waals surface area contributed by atoms with Crippen LogP contribution in [-0.4, -0.2) is 35.5 Å². The zero-order valence-corrected chi connectivity index (χ0v) is 18.8. The Morgan fingerprint density at radius 3 is 2.58 bits per heavy atom. The molecule has 0 bridgehead atoms. The highest BCUT2D eigenvalue weighted by molar-refractivity contribution is 7.87. The van der Waals surface area contributed by atoms with Gasteiger partial charge < -0.3 is 19.7 Å². The van der Waals surface area contributed by atoms with E-state index in [0.717, 1.165) is 11.3 Å². The van der Waals surface area contributed by atoms with Gasteiger partial charge in [-0.1, -0.05) is 23.5 Å². The molecule has 11 nitrogen and oxygen atoms in total. The summed E-state index contributed by atoms with van der Waals surface area (Å²) in [6, 6.07) is 11.8. The molecule has 172 valence electrons. The molecule has 3 aromatic rings. The van der Waals surface area contributed by atoms with Crippen molar-refractivity contribution < 1.29 is 32.4 Å². The molecular weight excluding hydrogens is 472 g/mol. The molecule has 0 atom stereocenters. The van der Waals surface area contributed by atoms with Gasteiger partial charge in [0.2, 0.25) is 16.9 Å². The lowest BCUT2D eigenvalue weighted by Crippen LogP contribution is -2.10. The molecule has 0 aliphatic heterocycles. The molecule has 0 spiro atoms. The van der Waals surface area contributed by atoms with Crippen LogP contribution in [0.15, 0.2) is 63.7 Å². The van der Waals surface area contributed by atoms with E-state index in [1.54, 1.807) is 12.1 Å². The number of nitrogens with zero attached hydrogens (tertiary/aromatic N) is 3. The second kappa shape index (κ2) is 10.2. The fraction of sp³-hybridized carbons (Fsp3) is 0.150.